The fourth-order valence-corrected chi connectivity index (χ4v) is 1.31. The van der Waals surface area contributed by atoms with Gasteiger partial charge in [0.25, 0.3) is 0 Å². The zero-order valence-corrected chi connectivity index (χ0v) is 9.63. The number of aryl methyl sites for hydroxylation is 2. The van der Waals surface area contributed by atoms with Crippen molar-refractivity contribution in [2.24, 2.45) is 12.8 Å². The molecule has 5 nitrogen and oxygen atoms in total. The Bertz CT molecular complexity index is 391. The highest BCUT2D eigenvalue weighted by Crippen LogP contribution is 2.17. The Balaban J connectivity index is 2.91. The third-order valence-corrected chi connectivity index (χ3v) is 2.05. The first-order valence-electron chi connectivity index (χ1n) is 4.81. The zero-order valence-electron chi connectivity index (χ0n) is 9.63. The summed E-state index contributed by atoms with van der Waals surface area (Å²) in [5.41, 5.74) is 6.86. The van der Waals surface area contributed by atoms with Crippen LogP contribution < -0.4 is 11.1 Å². The minimum Gasteiger partial charge on any atom is -0.367 e. The maximum Gasteiger partial charge on any atom is 0.142 e. The smallest absolute Gasteiger partial charge is 0.142 e. The van der Waals surface area contributed by atoms with Crippen molar-refractivity contribution >= 4 is 5.82 Å². The van der Waals surface area contributed by atoms with Gasteiger partial charge in [0, 0.05) is 19.1 Å². The van der Waals surface area contributed by atoms with Gasteiger partial charge in [-0.1, -0.05) is 0 Å². The highest BCUT2D eigenvalue weighted by Gasteiger charge is 2.16. The lowest BCUT2D eigenvalue weighted by Gasteiger charge is -2.19. The Labute approximate surface area is 89.9 Å². The SMILES string of the molecule is Cc1nn(C)c(NCC(C)(C)N)c1C#N. The van der Waals surface area contributed by atoms with E-state index in [1.165, 1.54) is 0 Å². The van der Waals surface area contributed by atoms with Gasteiger partial charge >= 0.3 is 0 Å². The van der Waals surface area contributed by atoms with Crippen molar-refractivity contribution in [1.82, 2.24) is 9.78 Å². The van der Waals surface area contributed by atoms with Crippen LogP contribution in [0, 0.1) is 18.3 Å². The Hall–Kier alpha value is -1.54. The van der Waals surface area contributed by atoms with E-state index in [1.807, 2.05) is 20.8 Å². The minimum absolute atomic E-state index is 0.315. The van der Waals surface area contributed by atoms with Gasteiger partial charge in [-0.05, 0) is 20.8 Å². The first-order chi connectivity index (χ1) is 6.85. The number of nitrogens with two attached hydrogens (primary N) is 1. The molecule has 0 bridgehead atoms. The van der Waals surface area contributed by atoms with Crippen LogP contribution in [0.2, 0.25) is 0 Å². The van der Waals surface area contributed by atoms with Crippen LogP contribution in [0.15, 0.2) is 0 Å². The van der Waals surface area contributed by atoms with E-state index in [0.717, 1.165) is 11.5 Å². The number of hydrogen-bond acceptors (Lipinski definition) is 4. The summed E-state index contributed by atoms with van der Waals surface area (Å²) >= 11 is 0. The topological polar surface area (TPSA) is 79.7 Å². The number of nitrogens with one attached hydrogen (secondary N) is 1. The van der Waals surface area contributed by atoms with Gasteiger partial charge in [0.05, 0.1) is 5.69 Å². The van der Waals surface area contributed by atoms with Crippen molar-refractivity contribution < 1.29 is 0 Å². The standard InChI is InChI=1S/C10H17N5/c1-7-8(5-11)9(15(4)14-7)13-6-10(2,3)12/h13H,6,12H2,1-4H3. The molecule has 0 aliphatic carbocycles. The molecule has 15 heavy (non-hydrogen) atoms. The van der Waals surface area contributed by atoms with Gasteiger partial charge in [-0.25, -0.2) is 0 Å². The Morgan fingerprint density at radius 1 is 1.60 bits per heavy atom. The van der Waals surface area contributed by atoms with Crippen LogP contribution in [-0.4, -0.2) is 21.9 Å². The van der Waals surface area contributed by atoms with E-state index in [9.17, 15) is 0 Å². The summed E-state index contributed by atoms with van der Waals surface area (Å²) in [4.78, 5) is 0. The molecule has 0 saturated heterocycles. The molecule has 0 saturated carbocycles. The predicted octanol–water partition coefficient (Wildman–Crippen LogP) is 0.749. The van der Waals surface area contributed by atoms with Crippen LogP contribution in [0.25, 0.3) is 0 Å². The molecule has 1 aromatic rings. The molecule has 0 aromatic carbocycles. The van der Waals surface area contributed by atoms with Gasteiger partial charge in [-0.15, -0.1) is 0 Å². The van der Waals surface area contributed by atoms with Gasteiger partial charge in [0.15, 0.2) is 0 Å². The molecule has 0 unspecified atom stereocenters. The maximum absolute atomic E-state index is 8.97. The number of anilines is 1. The summed E-state index contributed by atoms with van der Waals surface area (Å²) in [7, 11) is 1.81. The maximum atomic E-state index is 8.97. The summed E-state index contributed by atoms with van der Waals surface area (Å²) < 4.78 is 1.67. The number of hydrogen-bond donors (Lipinski definition) is 2. The molecule has 0 atom stereocenters. The molecule has 0 radical (unpaired) electrons. The quantitative estimate of drug-likeness (QED) is 0.766. The second-order valence-electron chi connectivity index (χ2n) is 4.39. The minimum atomic E-state index is -0.315. The van der Waals surface area contributed by atoms with Gasteiger partial charge in [0.1, 0.15) is 17.5 Å². The van der Waals surface area contributed by atoms with Gasteiger partial charge in [-0.3, -0.25) is 4.68 Å². The number of aromatic nitrogens is 2. The molecule has 5 heteroatoms. The Kier molecular flexibility index (Phi) is 3.01. The highest BCUT2D eigenvalue weighted by molar-refractivity contribution is 5.55. The van der Waals surface area contributed by atoms with Gasteiger partial charge < -0.3 is 11.1 Å². The molecule has 3 N–H and O–H groups in total. The molecule has 1 heterocycles. The van der Waals surface area contributed by atoms with Crippen molar-refractivity contribution in [2.75, 3.05) is 11.9 Å². The van der Waals surface area contributed by atoms with Gasteiger partial charge in [0.2, 0.25) is 0 Å². The van der Waals surface area contributed by atoms with Crippen molar-refractivity contribution in [2.45, 2.75) is 26.3 Å². The molecule has 1 rings (SSSR count). The first kappa shape index (κ1) is 11.5. The van der Waals surface area contributed by atoms with E-state index in [2.05, 4.69) is 16.5 Å². The fourth-order valence-electron chi connectivity index (χ4n) is 1.31. The van der Waals surface area contributed by atoms with Crippen LogP contribution in [0.3, 0.4) is 0 Å². The molecule has 0 amide bonds. The highest BCUT2D eigenvalue weighted by atomic mass is 15.3. The lowest BCUT2D eigenvalue weighted by Crippen LogP contribution is -2.40. The Morgan fingerprint density at radius 3 is 2.67 bits per heavy atom. The number of nitriles is 1. The molecule has 0 fully saturated rings. The van der Waals surface area contributed by atoms with Crippen LogP contribution in [0.5, 0.6) is 0 Å². The fraction of sp³-hybridized carbons (Fsp3) is 0.600. The normalized spacial score (nSPS) is 11.2. The van der Waals surface area contributed by atoms with Crippen molar-refractivity contribution in [3.63, 3.8) is 0 Å². The Morgan fingerprint density at radius 2 is 2.20 bits per heavy atom. The molecule has 1 aromatic heterocycles. The molecule has 0 aliphatic heterocycles. The average molecular weight is 207 g/mol. The van der Waals surface area contributed by atoms with E-state index < -0.39 is 0 Å². The lowest BCUT2D eigenvalue weighted by atomic mass is 10.1. The monoisotopic (exact) mass is 207 g/mol. The van der Waals surface area contributed by atoms with E-state index in [4.69, 9.17) is 11.0 Å². The summed E-state index contributed by atoms with van der Waals surface area (Å²) in [6, 6.07) is 2.13. The number of nitrogens with zero attached hydrogens (tertiary/aromatic N) is 3. The molecule has 0 spiro atoms. The summed E-state index contributed by atoms with van der Waals surface area (Å²) in [6.45, 7) is 6.27. The van der Waals surface area contributed by atoms with Crippen LogP contribution in [0.1, 0.15) is 25.1 Å². The third-order valence-electron chi connectivity index (χ3n) is 2.05. The van der Waals surface area contributed by atoms with Crippen molar-refractivity contribution in [3.05, 3.63) is 11.3 Å². The summed E-state index contributed by atoms with van der Waals surface area (Å²) in [6.07, 6.45) is 0. The van der Waals surface area contributed by atoms with E-state index in [-0.39, 0.29) is 5.54 Å². The summed E-state index contributed by atoms with van der Waals surface area (Å²) in [5, 5.41) is 16.3. The van der Waals surface area contributed by atoms with Crippen molar-refractivity contribution in [3.8, 4) is 6.07 Å². The van der Waals surface area contributed by atoms with Crippen LogP contribution in [-0.2, 0) is 7.05 Å². The van der Waals surface area contributed by atoms with E-state index >= 15 is 0 Å². The molecular formula is C10H17N5. The first-order valence-corrected chi connectivity index (χ1v) is 4.81. The summed E-state index contributed by atoms with van der Waals surface area (Å²) in [5.74, 6) is 0.730. The van der Waals surface area contributed by atoms with E-state index in [1.54, 1.807) is 11.7 Å². The molecular weight excluding hydrogens is 190 g/mol. The number of rotatable bonds is 3. The molecule has 82 valence electrons. The largest absolute Gasteiger partial charge is 0.367 e. The lowest BCUT2D eigenvalue weighted by molar-refractivity contribution is 0.546. The average Bonchev–Trinajstić information content (AvgIpc) is 2.35. The van der Waals surface area contributed by atoms with Gasteiger partial charge in [-0.2, -0.15) is 10.4 Å². The predicted molar refractivity (Wildman–Crippen MR) is 59.4 cm³/mol. The van der Waals surface area contributed by atoms with Crippen LogP contribution in [0.4, 0.5) is 5.82 Å². The van der Waals surface area contributed by atoms with Crippen LogP contribution >= 0.6 is 0 Å². The second-order valence-corrected chi connectivity index (χ2v) is 4.39. The van der Waals surface area contributed by atoms with Crippen molar-refractivity contribution in [1.29, 1.82) is 5.26 Å². The zero-order chi connectivity index (χ0) is 11.6. The molecule has 0 aliphatic rings. The third kappa shape index (κ3) is 2.70. The van der Waals surface area contributed by atoms with E-state index in [0.29, 0.717) is 12.1 Å². The second kappa shape index (κ2) is 3.91.